The lowest BCUT2D eigenvalue weighted by atomic mass is 10.2. The van der Waals surface area contributed by atoms with Gasteiger partial charge in [0.05, 0.1) is 11.1 Å². The Bertz CT molecular complexity index is 1260. The number of nitrogens with zero attached hydrogens (tertiary/aromatic N) is 6. The highest BCUT2D eigenvalue weighted by Crippen LogP contribution is 2.29. The number of hydrogen-bond donors (Lipinski definition) is 1. The number of halogens is 1. The van der Waals surface area contributed by atoms with Crippen molar-refractivity contribution in [3.05, 3.63) is 54.3 Å². The zero-order valence-electron chi connectivity index (χ0n) is 17.1. The van der Waals surface area contributed by atoms with E-state index in [4.69, 9.17) is 4.98 Å². The maximum absolute atomic E-state index is 14.6. The third-order valence-electron chi connectivity index (χ3n) is 5.52. The van der Waals surface area contributed by atoms with Gasteiger partial charge in [-0.3, -0.25) is 0 Å². The van der Waals surface area contributed by atoms with Gasteiger partial charge in [0.1, 0.15) is 5.82 Å². The predicted octanol–water partition coefficient (Wildman–Crippen LogP) is 2.94. The molecule has 3 heterocycles. The Balaban J connectivity index is 1.62. The van der Waals surface area contributed by atoms with E-state index in [0.717, 1.165) is 10.9 Å². The molecule has 1 fully saturated rings. The fourth-order valence-electron chi connectivity index (χ4n) is 3.97. The van der Waals surface area contributed by atoms with Crippen LogP contribution < -0.4 is 10.2 Å². The summed E-state index contributed by atoms with van der Waals surface area (Å²) >= 11 is 0. The second kappa shape index (κ2) is 7.82. The van der Waals surface area contributed by atoms with Gasteiger partial charge in [-0.2, -0.15) is 0 Å². The summed E-state index contributed by atoms with van der Waals surface area (Å²) in [4.78, 5) is 21.0. The number of urea groups is 1. The highest BCUT2D eigenvalue weighted by atomic mass is 19.1. The average Bonchev–Trinajstić information content (AvgIpc) is 3.24. The molecule has 1 N–H and O–H groups in total. The molecule has 2 aromatic heterocycles. The molecule has 0 atom stereocenters. The molecule has 0 radical (unpaired) electrons. The van der Waals surface area contributed by atoms with Gasteiger partial charge in [-0.15, -0.1) is 10.2 Å². The van der Waals surface area contributed by atoms with Crippen molar-refractivity contribution in [2.24, 2.45) is 0 Å². The van der Waals surface area contributed by atoms with Gasteiger partial charge in [0.25, 0.3) is 0 Å². The van der Waals surface area contributed by atoms with Gasteiger partial charge < -0.3 is 15.1 Å². The van der Waals surface area contributed by atoms with E-state index in [1.807, 2.05) is 35.6 Å². The molecule has 2 aromatic carbocycles. The van der Waals surface area contributed by atoms with Gasteiger partial charge >= 0.3 is 6.03 Å². The second-order valence-electron chi connectivity index (χ2n) is 7.40. The van der Waals surface area contributed by atoms with Gasteiger partial charge in [0.2, 0.25) is 5.95 Å². The largest absolute Gasteiger partial charge is 0.338 e. The molecule has 9 heteroatoms. The number of para-hydroxylation sites is 1. The standard InChI is InChI=1S/C22H22FN7O/c1-2-24-22(31)29-13-11-28(12-14-29)21-25-18-10-6-4-8-16(18)20-27-26-19(30(20)21)15-7-3-5-9-17(15)23/h3-10H,2,11-14H2,1H3,(H,24,31). The summed E-state index contributed by atoms with van der Waals surface area (Å²) in [5, 5.41) is 12.4. The van der Waals surface area contributed by atoms with Crippen molar-refractivity contribution in [1.82, 2.24) is 29.8 Å². The molecule has 1 aliphatic heterocycles. The Labute approximate surface area is 178 Å². The maximum atomic E-state index is 14.6. The Hall–Kier alpha value is -3.75. The van der Waals surface area contributed by atoms with Crippen LogP contribution in [0, 0.1) is 5.82 Å². The molecule has 0 unspecified atom stereocenters. The summed E-state index contributed by atoms with van der Waals surface area (Å²) in [7, 11) is 0. The van der Waals surface area contributed by atoms with Gasteiger partial charge in [-0.1, -0.05) is 24.3 Å². The second-order valence-corrected chi connectivity index (χ2v) is 7.40. The van der Waals surface area contributed by atoms with Crippen molar-refractivity contribution >= 4 is 28.5 Å². The smallest absolute Gasteiger partial charge is 0.317 e. The summed E-state index contributed by atoms with van der Waals surface area (Å²) < 4.78 is 16.4. The number of carbonyl (C=O) groups is 1. The fraction of sp³-hybridized carbons (Fsp3) is 0.273. The topological polar surface area (TPSA) is 78.7 Å². The molecule has 5 rings (SSSR count). The molecule has 31 heavy (non-hydrogen) atoms. The van der Waals surface area contributed by atoms with E-state index in [1.54, 1.807) is 23.1 Å². The first-order valence-corrected chi connectivity index (χ1v) is 10.3. The number of carbonyl (C=O) groups excluding carboxylic acids is 1. The summed E-state index contributed by atoms with van der Waals surface area (Å²) in [6.07, 6.45) is 0. The first-order chi connectivity index (χ1) is 15.2. The van der Waals surface area contributed by atoms with E-state index < -0.39 is 0 Å². The molecule has 0 spiro atoms. The van der Waals surface area contributed by atoms with Crippen LogP contribution in [0.4, 0.5) is 15.1 Å². The van der Waals surface area contributed by atoms with Crippen LogP contribution in [0.3, 0.4) is 0 Å². The molecule has 158 valence electrons. The van der Waals surface area contributed by atoms with Gasteiger partial charge in [0.15, 0.2) is 11.5 Å². The van der Waals surface area contributed by atoms with Crippen LogP contribution in [0.2, 0.25) is 0 Å². The molecule has 8 nitrogen and oxygen atoms in total. The highest BCUT2D eigenvalue weighted by molar-refractivity contribution is 5.93. The van der Waals surface area contributed by atoms with Crippen LogP contribution >= 0.6 is 0 Å². The summed E-state index contributed by atoms with van der Waals surface area (Å²) in [5.41, 5.74) is 1.79. The third kappa shape index (κ3) is 3.31. The van der Waals surface area contributed by atoms with E-state index in [0.29, 0.717) is 55.7 Å². The van der Waals surface area contributed by atoms with Crippen LogP contribution in [0.1, 0.15) is 6.92 Å². The molecular formula is C22H22FN7O. The monoisotopic (exact) mass is 419 g/mol. The third-order valence-corrected chi connectivity index (χ3v) is 5.52. The minimum Gasteiger partial charge on any atom is -0.338 e. The zero-order chi connectivity index (χ0) is 21.4. The van der Waals surface area contributed by atoms with Gasteiger partial charge in [0, 0.05) is 38.1 Å². The maximum Gasteiger partial charge on any atom is 0.317 e. The molecule has 4 aromatic rings. The van der Waals surface area contributed by atoms with E-state index in [-0.39, 0.29) is 11.8 Å². The van der Waals surface area contributed by atoms with Gasteiger partial charge in [-0.25, -0.2) is 18.6 Å². The van der Waals surface area contributed by atoms with Crippen LogP contribution in [-0.4, -0.2) is 63.2 Å². The number of aromatic nitrogens is 4. The molecule has 0 aliphatic carbocycles. The molecule has 0 saturated carbocycles. The number of fused-ring (bicyclic) bond motifs is 3. The number of nitrogens with one attached hydrogen (secondary N) is 1. The summed E-state index contributed by atoms with van der Waals surface area (Å²) in [6.45, 7) is 4.84. The molecule has 0 bridgehead atoms. The van der Waals surface area contributed by atoms with Crippen LogP contribution in [0.5, 0.6) is 0 Å². The van der Waals surface area contributed by atoms with Crippen LogP contribution in [0.25, 0.3) is 27.9 Å². The molecule has 1 saturated heterocycles. The van der Waals surface area contributed by atoms with E-state index in [9.17, 15) is 9.18 Å². The highest BCUT2D eigenvalue weighted by Gasteiger charge is 2.26. The van der Waals surface area contributed by atoms with Gasteiger partial charge in [-0.05, 0) is 31.2 Å². The number of anilines is 1. The van der Waals surface area contributed by atoms with Crippen LogP contribution in [0.15, 0.2) is 48.5 Å². The van der Waals surface area contributed by atoms with Crippen molar-refractivity contribution < 1.29 is 9.18 Å². The number of hydrogen-bond acceptors (Lipinski definition) is 5. The van der Waals surface area contributed by atoms with E-state index in [1.165, 1.54) is 6.07 Å². The SMILES string of the molecule is CCNC(=O)N1CCN(c2nc3ccccc3c3nnc(-c4ccccc4F)n23)CC1. The Morgan fingerprint density at radius 1 is 1.03 bits per heavy atom. The lowest BCUT2D eigenvalue weighted by Crippen LogP contribution is -2.52. The van der Waals surface area contributed by atoms with Crippen molar-refractivity contribution in [2.45, 2.75) is 6.92 Å². The first kappa shape index (κ1) is 19.2. The lowest BCUT2D eigenvalue weighted by Gasteiger charge is -2.35. The predicted molar refractivity (Wildman–Crippen MR) is 117 cm³/mol. The Morgan fingerprint density at radius 3 is 2.55 bits per heavy atom. The van der Waals surface area contributed by atoms with Crippen molar-refractivity contribution in [2.75, 3.05) is 37.6 Å². The lowest BCUT2D eigenvalue weighted by molar-refractivity contribution is 0.194. The minimum absolute atomic E-state index is 0.0601. The quantitative estimate of drug-likeness (QED) is 0.552. The normalized spacial score (nSPS) is 14.4. The van der Waals surface area contributed by atoms with Crippen molar-refractivity contribution in [3.63, 3.8) is 0 Å². The number of benzene rings is 2. The molecule has 2 amide bonds. The zero-order valence-corrected chi connectivity index (χ0v) is 17.1. The van der Waals surface area contributed by atoms with E-state index in [2.05, 4.69) is 20.4 Å². The fourth-order valence-corrected chi connectivity index (χ4v) is 3.97. The summed E-state index contributed by atoms with van der Waals surface area (Å²) in [6, 6.07) is 14.2. The summed E-state index contributed by atoms with van der Waals surface area (Å²) in [5.74, 6) is 0.692. The molecule has 1 aliphatic rings. The average molecular weight is 419 g/mol. The molecular weight excluding hydrogens is 397 g/mol. The number of rotatable bonds is 3. The Kier molecular flexibility index (Phi) is 4.85. The van der Waals surface area contributed by atoms with Crippen molar-refractivity contribution in [3.8, 4) is 11.4 Å². The number of amides is 2. The first-order valence-electron chi connectivity index (χ1n) is 10.3. The minimum atomic E-state index is -0.364. The van der Waals surface area contributed by atoms with Crippen LogP contribution in [-0.2, 0) is 0 Å². The number of piperazine rings is 1. The van der Waals surface area contributed by atoms with E-state index >= 15 is 0 Å². The Morgan fingerprint density at radius 2 is 1.77 bits per heavy atom. The van der Waals surface area contributed by atoms with Crippen molar-refractivity contribution in [1.29, 1.82) is 0 Å².